The first-order chi connectivity index (χ1) is 10.4. The van der Waals surface area contributed by atoms with Crippen LogP contribution in [0, 0.1) is 5.92 Å². The lowest BCUT2D eigenvalue weighted by Gasteiger charge is -2.37. The highest BCUT2D eigenvalue weighted by molar-refractivity contribution is 7.88. The monoisotopic (exact) mass is 328 g/mol. The number of nitrogens with zero attached hydrogens (tertiary/aromatic N) is 3. The van der Waals surface area contributed by atoms with Crippen molar-refractivity contribution in [1.82, 2.24) is 19.4 Å². The molecule has 22 heavy (non-hydrogen) atoms. The Morgan fingerprint density at radius 2 is 2.18 bits per heavy atom. The molecule has 0 aliphatic carbocycles. The van der Waals surface area contributed by atoms with Crippen molar-refractivity contribution in [2.75, 3.05) is 19.3 Å². The molecule has 6 nitrogen and oxygen atoms in total. The van der Waals surface area contributed by atoms with Crippen LogP contribution >= 0.6 is 0 Å². The van der Waals surface area contributed by atoms with Crippen LogP contribution in [-0.2, 0) is 23.1 Å². The van der Waals surface area contributed by atoms with Crippen LogP contribution in [0.15, 0.2) is 12.4 Å². The number of hydrogen-bond donors (Lipinski definition) is 1. The minimum Gasteiger partial charge on any atom is -0.309 e. The summed E-state index contributed by atoms with van der Waals surface area (Å²) in [6, 6.07) is 0.373. The zero-order valence-electron chi connectivity index (χ0n) is 13.8. The summed E-state index contributed by atoms with van der Waals surface area (Å²) in [6.45, 7) is 7.25. The molecule has 0 amide bonds. The van der Waals surface area contributed by atoms with Crippen molar-refractivity contribution in [3.8, 4) is 0 Å². The summed E-state index contributed by atoms with van der Waals surface area (Å²) in [5, 5.41) is 7.93. The van der Waals surface area contributed by atoms with Gasteiger partial charge in [0.1, 0.15) is 0 Å². The van der Waals surface area contributed by atoms with Gasteiger partial charge in [-0.15, -0.1) is 0 Å². The second-order valence-corrected chi connectivity index (χ2v) is 8.16. The first kappa shape index (κ1) is 17.4. The standard InChI is InChI=1S/C15H28N4O2S/c1-4-7-18-11-13(10-17-18)9-16-15-6-8-19(22(3,20)21)12-14(15)5-2/h10-11,14-16H,4-9,12H2,1-3H3/t14-,15+/m0/s1. The van der Waals surface area contributed by atoms with Crippen molar-refractivity contribution in [3.05, 3.63) is 18.0 Å². The maximum Gasteiger partial charge on any atom is 0.211 e. The van der Waals surface area contributed by atoms with Crippen LogP contribution in [-0.4, -0.2) is 47.9 Å². The van der Waals surface area contributed by atoms with Gasteiger partial charge in [0.2, 0.25) is 10.0 Å². The fraction of sp³-hybridized carbons (Fsp3) is 0.800. The summed E-state index contributed by atoms with van der Waals surface area (Å²) in [5.74, 6) is 0.370. The quantitative estimate of drug-likeness (QED) is 0.822. The Balaban J connectivity index is 1.89. The smallest absolute Gasteiger partial charge is 0.211 e. The number of nitrogens with one attached hydrogen (secondary N) is 1. The maximum absolute atomic E-state index is 11.7. The molecule has 1 aromatic heterocycles. The topological polar surface area (TPSA) is 67.2 Å². The number of hydrogen-bond acceptors (Lipinski definition) is 4. The molecule has 2 rings (SSSR count). The summed E-state index contributed by atoms with van der Waals surface area (Å²) >= 11 is 0. The fourth-order valence-corrected chi connectivity index (χ4v) is 3.98. The van der Waals surface area contributed by atoms with Crippen LogP contribution in [0.4, 0.5) is 0 Å². The van der Waals surface area contributed by atoms with E-state index in [0.717, 1.165) is 32.4 Å². The molecule has 0 unspecified atom stereocenters. The molecule has 1 aliphatic heterocycles. The van der Waals surface area contributed by atoms with Gasteiger partial charge in [-0.05, 0) is 18.8 Å². The van der Waals surface area contributed by atoms with Gasteiger partial charge in [0.25, 0.3) is 0 Å². The van der Waals surface area contributed by atoms with E-state index >= 15 is 0 Å². The molecular formula is C15H28N4O2S. The summed E-state index contributed by atoms with van der Waals surface area (Å²) in [7, 11) is -3.07. The van der Waals surface area contributed by atoms with Gasteiger partial charge in [0.15, 0.2) is 0 Å². The second kappa shape index (κ2) is 7.57. The number of aryl methyl sites for hydroxylation is 1. The molecule has 7 heteroatoms. The van der Waals surface area contributed by atoms with E-state index < -0.39 is 10.0 Å². The normalized spacial score (nSPS) is 23.8. The third-order valence-corrected chi connectivity index (χ3v) is 5.67. The van der Waals surface area contributed by atoms with Crippen molar-refractivity contribution in [3.63, 3.8) is 0 Å². The Kier molecular flexibility index (Phi) is 6.00. The largest absolute Gasteiger partial charge is 0.309 e. The fourth-order valence-electron chi connectivity index (χ4n) is 3.08. The van der Waals surface area contributed by atoms with Crippen LogP contribution < -0.4 is 5.32 Å². The predicted octanol–water partition coefficient (Wildman–Crippen LogP) is 1.44. The summed E-state index contributed by atoms with van der Waals surface area (Å²) in [4.78, 5) is 0. The van der Waals surface area contributed by atoms with Crippen LogP contribution in [0.2, 0.25) is 0 Å². The van der Waals surface area contributed by atoms with E-state index in [4.69, 9.17) is 0 Å². The zero-order valence-corrected chi connectivity index (χ0v) is 14.6. The van der Waals surface area contributed by atoms with Crippen molar-refractivity contribution < 1.29 is 8.42 Å². The molecule has 0 spiro atoms. The molecule has 1 aliphatic rings. The maximum atomic E-state index is 11.7. The van der Waals surface area contributed by atoms with Gasteiger partial charge >= 0.3 is 0 Å². The average Bonchev–Trinajstić information content (AvgIpc) is 2.92. The van der Waals surface area contributed by atoms with E-state index in [-0.39, 0.29) is 0 Å². The Morgan fingerprint density at radius 1 is 1.41 bits per heavy atom. The lowest BCUT2D eigenvalue weighted by atomic mass is 9.91. The highest BCUT2D eigenvalue weighted by atomic mass is 32.2. The SMILES string of the molecule is CCCn1cc(CN[C@@H]2CCN(S(C)(=O)=O)C[C@@H]2CC)cn1. The highest BCUT2D eigenvalue weighted by Gasteiger charge is 2.31. The second-order valence-electron chi connectivity index (χ2n) is 6.18. The van der Waals surface area contributed by atoms with E-state index in [0.29, 0.717) is 25.0 Å². The lowest BCUT2D eigenvalue weighted by molar-refractivity contribution is 0.202. The molecule has 2 atom stereocenters. The summed E-state index contributed by atoms with van der Waals surface area (Å²) < 4.78 is 27.0. The summed E-state index contributed by atoms with van der Waals surface area (Å²) in [6.07, 6.45) is 8.23. The Bertz CT molecular complexity index is 570. The third-order valence-electron chi connectivity index (χ3n) is 4.40. The van der Waals surface area contributed by atoms with Gasteiger partial charge in [0.05, 0.1) is 12.5 Å². The van der Waals surface area contributed by atoms with Crippen LogP contribution in [0.25, 0.3) is 0 Å². The van der Waals surface area contributed by atoms with E-state index in [1.54, 1.807) is 4.31 Å². The molecule has 0 saturated carbocycles. The molecule has 126 valence electrons. The predicted molar refractivity (Wildman–Crippen MR) is 88.0 cm³/mol. The summed E-state index contributed by atoms with van der Waals surface area (Å²) in [5.41, 5.74) is 1.19. The van der Waals surface area contributed by atoms with Gasteiger partial charge < -0.3 is 5.32 Å². The van der Waals surface area contributed by atoms with Crippen molar-refractivity contribution in [2.24, 2.45) is 5.92 Å². The van der Waals surface area contributed by atoms with E-state index in [1.165, 1.54) is 11.8 Å². The van der Waals surface area contributed by atoms with E-state index in [9.17, 15) is 8.42 Å². The number of sulfonamides is 1. The first-order valence-electron chi connectivity index (χ1n) is 8.13. The molecule has 0 bridgehead atoms. The van der Waals surface area contributed by atoms with Crippen molar-refractivity contribution >= 4 is 10.0 Å². The van der Waals surface area contributed by atoms with Crippen LogP contribution in [0.5, 0.6) is 0 Å². The molecule has 1 fully saturated rings. The molecule has 2 heterocycles. The van der Waals surface area contributed by atoms with Crippen LogP contribution in [0.3, 0.4) is 0 Å². The molecule has 1 aromatic rings. The van der Waals surface area contributed by atoms with Gasteiger partial charge in [0, 0.05) is 44.0 Å². The first-order valence-corrected chi connectivity index (χ1v) is 9.98. The van der Waals surface area contributed by atoms with Gasteiger partial charge in [-0.25, -0.2) is 12.7 Å². The minimum atomic E-state index is -3.07. The van der Waals surface area contributed by atoms with Crippen molar-refractivity contribution in [1.29, 1.82) is 0 Å². The average molecular weight is 328 g/mol. The molecule has 1 N–H and O–H groups in total. The van der Waals surface area contributed by atoms with Gasteiger partial charge in [-0.2, -0.15) is 5.10 Å². The molecule has 0 radical (unpaired) electrons. The van der Waals surface area contributed by atoms with Gasteiger partial charge in [-0.3, -0.25) is 4.68 Å². The van der Waals surface area contributed by atoms with Crippen LogP contribution in [0.1, 0.15) is 38.7 Å². The number of rotatable bonds is 7. The molecule has 0 aromatic carbocycles. The Hall–Kier alpha value is -0.920. The molecular weight excluding hydrogens is 300 g/mol. The number of aromatic nitrogens is 2. The van der Waals surface area contributed by atoms with E-state index in [1.807, 2.05) is 10.9 Å². The van der Waals surface area contributed by atoms with Crippen molar-refractivity contribution in [2.45, 2.75) is 52.2 Å². The minimum absolute atomic E-state index is 0.370. The molecule has 1 saturated heterocycles. The van der Waals surface area contributed by atoms with Gasteiger partial charge in [-0.1, -0.05) is 20.3 Å². The lowest BCUT2D eigenvalue weighted by Crippen LogP contribution is -2.50. The third kappa shape index (κ3) is 4.54. The Labute approximate surface area is 133 Å². The Morgan fingerprint density at radius 3 is 2.82 bits per heavy atom. The number of piperidine rings is 1. The highest BCUT2D eigenvalue weighted by Crippen LogP contribution is 2.22. The van der Waals surface area contributed by atoms with E-state index in [2.05, 4.69) is 30.5 Å². The zero-order chi connectivity index (χ0) is 16.2.